The van der Waals surface area contributed by atoms with Crippen LogP contribution in [0.1, 0.15) is 22.4 Å². The molecule has 6 aromatic rings. The van der Waals surface area contributed by atoms with Gasteiger partial charge in [0.1, 0.15) is 17.1 Å². The Labute approximate surface area is 281 Å². The summed E-state index contributed by atoms with van der Waals surface area (Å²) < 4.78 is 1.41. The molecule has 11 nitrogen and oxygen atoms in total. The van der Waals surface area contributed by atoms with Gasteiger partial charge < -0.3 is 15.3 Å². The Hall–Kier alpha value is -5.71. The predicted octanol–water partition coefficient (Wildman–Crippen LogP) is 10.6. The van der Waals surface area contributed by atoms with E-state index >= 15 is 0 Å². The number of aryl methyl sites for hydroxylation is 4. The van der Waals surface area contributed by atoms with E-state index in [-0.39, 0.29) is 51.5 Å². The van der Waals surface area contributed by atoms with Gasteiger partial charge in [-0.05, 0) is 98.8 Å². The maximum absolute atomic E-state index is 11.2. The van der Waals surface area contributed by atoms with Gasteiger partial charge in [-0.1, -0.05) is 35.9 Å². The average molecular weight is 674 g/mol. The number of hydrogen-bond acceptors (Lipinski definition) is 10. The molecule has 1 heterocycles. The van der Waals surface area contributed by atoms with Crippen molar-refractivity contribution in [2.45, 2.75) is 27.7 Å². The third-order valence-corrected chi connectivity index (χ3v) is 7.31. The zero-order valence-electron chi connectivity index (χ0n) is 25.9. The minimum atomic E-state index is -0.130. The molecule has 12 heteroatoms. The molecular formula is C35H30CuN8O3. The fourth-order valence-corrected chi connectivity index (χ4v) is 4.85. The molecule has 0 amide bonds. The van der Waals surface area contributed by atoms with E-state index in [0.29, 0.717) is 39.4 Å². The number of benzene rings is 5. The second-order valence-electron chi connectivity index (χ2n) is 10.9. The fourth-order valence-electron chi connectivity index (χ4n) is 4.85. The molecule has 0 unspecified atom stereocenters. The number of hydrogen-bond donors (Lipinski definition) is 3. The minimum absolute atomic E-state index is 0. The predicted molar refractivity (Wildman–Crippen MR) is 177 cm³/mol. The minimum Gasteiger partial charge on any atom is -0.506 e. The van der Waals surface area contributed by atoms with Crippen LogP contribution in [-0.4, -0.2) is 25.1 Å². The summed E-state index contributed by atoms with van der Waals surface area (Å²) in [5, 5.41) is 63.7. The molecule has 0 atom stereocenters. The smallest absolute Gasteiger partial charge is 0.243 e. The van der Waals surface area contributed by atoms with Crippen molar-refractivity contribution < 1.29 is 32.4 Å². The molecule has 0 spiro atoms. The van der Waals surface area contributed by atoms with E-state index in [0.717, 1.165) is 16.5 Å². The number of rotatable bonds is 7. The number of aromatic hydroxyl groups is 3. The maximum Gasteiger partial charge on any atom is 0.243 e. The molecule has 0 aliphatic rings. The van der Waals surface area contributed by atoms with Crippen molar-refractivity contribution in [1.29, 1.82) is 0 Å². The van der Waals surface area contributed by atoms with Crippen LogP contribution in [0.5, 0.6) is 17.4 Å². The average Bonchev–Trinajstić information content (AvgIpc) is 3.32. The van der Waals surface area contributed by atoms with Gasteiger partial charge in [0, 0.05) is 28.5 Å². The van der Waals surface area contributed by atoms with Crippen LogP contribution in [0, 0.1) is 27.7 Å². The second-order valence-corrected chi connectivity index (χ2v) is 10.9. The Kier molecular flexibility index (Phi) is 9.55. The van der Waals surface area contributed by atoms with Crippen LogP contribution >= 0.6 is 0 Å². The van der Waals surface area contributed by atoms with Gasteiger partial charge in [-0.25, -0.2) is 0 Å². The van der Waals surface area contributed by atoms with Crippen LogP contribution in [0.25, 0.3) is 16.5 Å². The zero-order valence-corrected chi connectivity index (χ0v) is 26.8. The molecule has 3 N–H and O–H groups in total. The van der Waals surface area contributed by atoms with Crippen molar-refractivity contribution in [3.63, 3.8) is 0 Å². The molecule has 0 fully saturated rings. The van der Waals surface area contributed by atoms with Gasteiger partial charge >= 0.3 is 0 Å². The van der Waals surface area contributed by atoms with Gasteiger partial charge in [-0.2, -0.15) is 25.1 Å². The van der Waals surface area contributed by atoms with E-state index in [1.165, 1.54) is 10.7 Å². The van der Waals surface area contributed by atoms with E-state index in [1.54, 1.807) is 31.2 Å². The van der Waals surface area contributed by atoms with Crippen LogP contribution in [0.4, 0.5) is 34.1 Å². The largest absolute Gasteiger partial charge is 0.506 e. The summed E-state index contributed by atoms with van der Waals surface area (Å²) in [5.74, 6) is -0.350. The van der Waals surface area contributed by atoms with Crippen LogP contribution in [-0.2, 0) is 17.1 Å². The molecule has 1 aromatic heterocycles. The van der Waals surface area contributed by atoms with E-state index in [2.05, 4.69) is 35.8 Å². The molecule has 0 saturated carbocycles. The van der Waals surface area contributed by atoms with Gasteiger partial charge in [0.15, 0.2) is 11.4 Å². The molecular weight excluding hydrogens is 644 g/mol. The number of phenols is 2. The molecule has 0 bridgehead atoms. The molecule has 6 rings (SSSR count). The topological polar surface area (TPSA) is 153 Å². The van der Waals surface area contributed by atoms with E-state index in [9.17, 15) is 15.3 Å². The second kappa shape index (κ2) is 13.7. The van der Waals surface area contributed by atoms with Gasteiger partial charge in [-0.15, -0.1) is 15.3 Å². The summed E-state index contributed by atoms with van der Waals surface area (Å²) in [6.07, 6.45) is 0. The van der Waals surface area contributed by atoms with Crippen molar-refractivity contribution in [3.05, 3.63) is 113 Å². The van der Waals surface area contributed by atoms with Gasteiger partial charge in [0.2, 0.25) is 5.88 Å². The van der Waals surface area contributed by atoms with E-state index < -0.39 is 0 Å². The number of nitrogens with zero attached hydrogens (tertiary/aromatic N) is 8. The van der Waals surface area contributed by atoms with Gasteiger partial charge in [0.05, 0.1) is 28.4 Å². The molecule has 1 radical (unpaired) electrons. The Morgan fingerprint density at radius 1 is 0.596 bits per heavy atom. The summed E-state index contributed by atoms with van der Waals surface area (Å²) in [4.78, 5) is 0. The third kappa shape index (κ3) is 7.09. The zero-order chi connectivity index (χ0) is 32.4. The Balaban J connectivity index is 0.00000433. The van der Waals surface area contributed by atoms with Crippen molar-refractivity contribution in [3.8, 4) is 23.1 Å². The van der Waals surface area contributed by atoms with Crippen LogP contribution < -0.4 is 0 Å². The summed E-state index contributed by atoms with van der Waals surface area (Å²) in [5.41, 5.74) is 6.37. The van der Waals surface area contributed by atoms with Gasteiger partial charge in [-0.3, -0.25) is 0 Å². The van der Waals surface area contributed by atoms with Crippen LogP contribution in [0.15, 0.2) is 122 Å². The van der Waals surface area contributed by atoms with Gasteiger partial charge in [0.25, 0.3) is 0 Å². The number of fused-ring (bicyclic) bond motifs is 1. The summed E-state index contributed by atoms with van der Waals surface area (Å²) in [6.45, 7) is 7.51. The summed E-state index contributed by atoms with van der Waals surface area (Å²) in [6, 6.07) is 27.0. The first-order valence-corrected chi connectivity index (χ1v) is 14.4. The molecule has 0 aliphatic carbocycles. The molecule has 239 valence electrons. The quantitative estimate of drug-likeness (QED) is 0.114. The van der Waals surface area contributed by atoms with Crippen molar-refractivity contribution >= 4 is 44.9 Å². The van der Waals surface area contributed by atoms with Crippen molar-refractivity contribution in [2.75, 3.05) is 0 Å². The Morgan fingerprint density at radius 3 is 1.98 bits per heavy atom. The first kappa shape index (κ1) is 32.7. The normalized spacial score (nSPS) is 11.7. The summed E-state index contributed by atoms with van der Waals surface area (Å²) >= 11 is 0. The molecule has 0 aliphatic heterocycles. The molecule has 47 heavy (non-hydrogen) atoms. The fraction of sp³-hybridized carbons (Fsp3) is 0.114. The Bertz CT molecular complexity index is 2190. The Morgan fingerprint density at radius 2 is 1.26 bits per heavy atom. The number of azo groups is 3. The van der Waals surface area contributed by atoms with E-state index in [4.69, 9.17) is 0 Å². The standard InChI is InChI=1S/C35H30N8O3.Cu/c1-20-8-13-28(14-9-20)43-35(46)33(23(4)42-43)41-38-26-11-10-24-17-22(3)32(34(45)29(24)18-26)40-39-30-15-12-27(19-31(30)44)37-36-25-7-5-6-21(2)16-25;/h5-19,44-46H,1-4H3;. The molecule has 0 saturated heterocycles. The first-order valence-electron chi connectivity index (χ1n) is 14.4. The summed E-state index contributed by atoms with van der Waals surface area (Å²) in [7, 11) is 0. The van der Waals surface area contributed by atoms with Crippen molar-refractivity contribution in [2.24, 2.45) is 30.7 Å². The monoisotopic (exact) mass is 673 g/mol. The number of phenolic OH excluding ortho intramolecular Hbond substituents is 2. The molecule has 5 aromatic carbocycles. The third-order valence-electron chi connectivity index (χ3n) is 7.31. The first-order chi connectivity index (χ1) is 22.2. The maximum atomic E-state index is 11.2. The SMILES string of the molecule is Cc1ccc(-n2nc(C)c(N=Nc3ccc4cc(C)c(N=Nc5ccc(N=Nc6cccc(C)c6)cc5O)c(O)c4c3)c2O)cc1.[Cu]. The van der Waals surface area contributed by atoms with E-state index in [1.807, 2.05) is 81.4 Å². The van der Waals surface area contributed by atoms with Crippen LogP contribution in [0.2, 0.25) is 0 Å². The van der Waals surface area contributed by atoms with Crippen molar-refractivity contribution in [1.82, 2.24) is 9.78 Å². The van der Waals surface area contributed by atoms with Crippen LogP contribution in [0.3, 0.4) is 0 Å². The number of aromatic nitrogens is 2.